The van der Waals surface area contributed by atoms with Crippen LogP contribution in [0.3, 0.4) is 0 Å². The van der Waals surface area contributed by atoms with Crippen molar-refractivity contribution in [2.24, 2.45) is 11.3 Å². The maximum Gasteiger partial charge on any atom is 0.322 e. The molecule has 1 aromatic carbocycles. The summed E-state index contributed by atoms with van der Waals surface area (Å²) in [6, 6.07) is 3.13. The maximum atomic E-state index is 14.1. The summed E-state index contributed by atoms with van der Waals surface area (Å²) in [5.74, 6) is -1.51. The first-order chi connectivity index (χ1) is 14.7. The lowest BCUT2D eigenvalue weighted by Gasteiger charge is -2.42. The molecular weight excluding hydrogens is 404 g/mol. The van der Waals surface area contributed by atoms with Gasteiger partial charge < -0.3 is 20.5 Å². The van der Waals surface area contributed by atoms with Gasteiger partial charge in [-0.25, -0.2) is 13.6 Å². The number of fused-ring (bicyclic) bond motifs is 2. The Hall–Kier alpha value is -2.94. The smallest absolute Gasteiger partial charge is 0.322 e. The number of hydrogen-bond acceptors (Lipinski definition) is 5. The highest BCUT2D eigenvalue weighted by Gasteiger charge is 2.57. The van der Waals surface area contributed by atoms with E-state index < -0.39 is 22.6 Å². The lowest BCUT2D eigenvalue weighted by molar-refractivity contribution is -0.0595. The van der Waals surface area contributed by atoms with Crippen molar-refractivity contribution in [3.63, 3.8) is 0 Å². The van der Waals surface area contributed by atoms with Crippen LogP contribution >= 0.6 is 0 Å². The molecular formula is C22H25F2N5O2. The van der Waals surface area contributed by atoms with Crippen LogP contribution in [0.2, 0.25) is 0 Å². The summed E-state index contributed by atoms with van der Waals surface area (Å²) in [6.45, 7) is 2.54. The molecule has 2 saturated carbocycles. The first-order valence-corrected chi connectivity index (χ1v) is 10.3. The number of urea groups is 1. The Bertz CT molecular complexity index is 987. The highest BCUT2D eigenvalue weighted by atomic mass is 19.1. The van der Waals surface area contributed by atoms with Crippen molar-refractivity contribution in [2.45, 2.75) is 32.3 Å². The molecule has 3 atom stereocenters. The third-order valence-corrected chi connectivity index (χ3v) is 6.57. The predicted molar refractivity (Wildman–Crippen MR) is 112 cm³/mol. The Morgan fingerprint density at radius 2 is 2.03 bits per heavy atom. The van der Waals surface area contributed by atoms with Crippen LogP contribution in [-0.4, -0.2) is 54.0 Å². The van der Waals surface area contributed by atoms with Gasteiger partial charge in [0, 0.05) is 24.2 Å². The van der Waals surface area contributed by atoms with Crippen LogP contribution < -0.4 is 5.32 Å². The third kappa shape index (κ3) is 3.67. The fraction of sp³-hybridized carbons (Fsp3) is 0.455. The number of amidine groups is 1. The van der Waals surface area contributed by atoms with Crippen LogP contribution in [0.5, 0.6) is 0 Å². The average molecular weight is 429 g/mol. The number of morpholine rings is 1. The molecule has 2 amide bonds. The Labute approximate surface area is 179 Å². The minimum absolute atomic E-state index is 0.0271. The van der Waals surface area contributed by atoms with E-state index >= 15 is 0 Å². The van der Waals surface area contributed by atoms with Crippen molar-refractivity contribution in [3.8, 4) is 0 Å². The number of allylic oxidation sites excluding steroid dienone is 2. The fourth-order valence-corrected chi connectivity index (χ4v) is 5.09. The lowest BCUT2D eigenvalue weighted by Crippen LogP contribution is -2.56. The van der Waals surface area contributed by atoms with Crippen LogP contribution in [0.4, 0.5) is 13.6 Å². The van der Waals surface area contributed by atoms with Gasteiger partial charge in [-0.1, -0.05) is 6.07 Å². The number of carbonyl (C=O) groups is 1. The van der Waals surface area contributed by atoms with Gasteiger partial charge in [0.25, 0.3) is 0 Å². The summed E-state index contributed by atoms with van der Waals surface area (Å²) in [4.78, 5) is 13.9. The molecule has 1 aromatic rings. The highest BCUT2D eigenvalue weighted by Crippen LogP contribution is 2.57. The van der Waals surface area contributed by atoms with Crippen molar-refractivity contribution in [1.29, 1.82) is 16.2 Å². The maximum absolute atomic E-state index is 14.1. The second-order valence-electron chi connectivity index (χ2n) is 8.44. The number of nitrogens with zero attached hydrogens (tertiary/aromatic N) is 1. The topological polar surface area (TPSA) is 113 Å². The second kappa shape index (κ2) is 7.96. The predicted octanol–water partition coefficient (Wildman–Crippen LogP) is 3.49. The second-order valence-corrected chi connectivity index (χ2v) is 8.44. The number of hydrogen-bond donors (Lipinski definition) is 4. The van der Waals surface area contributed by atoms with Crippen molar-refractivity contribution in [2.75, 3.05) is 19.7 Å². The van der Waals surface area contributed by atoms with Crippen molar-refractivity contribution >= 4 is 23.3 Å². The molecule has 0 unspecified atom stereocenters. The van der Waals surface area contributed by atoms with Crippen molar-refractivity contribution in [1.82, 2.24) is 10.2 Å². The molecule has 0 radical (unpaired) electrons. The third-order valence-electron chi connectivity index (χ3n) is 6.57. The zero-order valence-corrected chi connectivity index (χ0v) is 17.2. The monoisotopic (exact) mass is 429 g/mol. The SMILES string of the molecule is CC(=N)NC(=O)N1CCO[C@H]([C@]23CC[C@H](C2)/C(=C/C(=N)c2c(F)cccc2F)C3=N)C1. The van der Waals surface area contributed by atoms with Gasteiger partial charge in [-0.3, -0.25) is 10.7 Å². The number of nitrogens with one attached hydrogen (secondary N) is 4. The Morgan fingerprint density at radius 3 is 2.71 bits per heavy atom. The number of amides is 2. The van der Waals surface area contributed by atoms with E-state index in [4.69, 9.17) is 21.0 Å². The minimum Gasteiger partial charge on any atom is -0.374 e. The summed E-state index contributed by atoms with van der Waals surface area (Å²) >= 11 is 0. The summed E-state index contributed by atoms with van der Waals surface area (Å²) < 4.78 is 34.2. The normalized spacial score (nSPS) is 28.8. The molecule has 4 N–H and O–H groups in total. The molecule has 9 heteroatoms. The molecule has 1 aliphatic heterocycles. The molecule has 1 saturated heterocycles. The minimum atomic E-state index is -0.801. The Balaban J connectivity index is 1.57. The number of halogens is 2. The van der Waals surface area contributed by atoms with Crippen LogP contribution in [0.1, 0.15) is 31.7 Å². The van der Waals surface area contributed by atoms with Crippen LogP contribution in [0.25, 0.3) is 0 Å². The average Bonchev–Trinajstić information content (AvgIpc) is 3.27. The summed E-state index contributed by atoms with van der Waals surface area (Å²) in [5.41, 5.74) is -0.299. The molecule has 3 aliphatic rings. The largest absolute Gasteiger partial charge is 0.374 e. The van der Waals surface area contributed by atoms with Gasteiger partial charge in [-0.15, -0.1) is 0 Å². The molecule has 1 heterocycles. The molecule has 164 valence electrons. The summed E-state index contributed by atoms with van der Waals surface area (Å²) in [6.07, 6.45) is 3.24. The van der Waals surface area contributed by atoms with Gasteiger partial charge in [-0.05, 0) is 55.9 Å². The van der Waals surface area contributed by atoms with Gasteiger partial charge >= 0.3 is 6.03 Å². The van der Waals surface area contributed by atoms with E-state index in [1.54, 1.807) is 4.90 Å². The van der Waals surface area contributed by atoms with Crippen molar-refractivity contribution in [3.05, 3.63) is 47.0 Å². The standard InChI is InChI=1S/C22H25F2N5O2/c1-12(25)28-21(30)29-7-8-31-18(11-29)22-6-5-13(10-22)14(20(22)27)9-17(26)19-15(23)3-2-4-16(19)24/h2-4,9,13,18,26-27H,5-8,10-11H2,1H3,(H2,25,28,30)/b14-9-,26-17?,27-20?/t13-,18+,22+/m1/s1. The van der Waals surface area contributed by atoms with E-state index in [0.717, 1.165) is 25.0 Å². The van der Waals surface area contributed by atoms with Gasteiger partial charge in [-0.2, -0.15) is 0 Å². The van der Waals surface area contributed by atoms with Crippen LogP contribution in [0.15, 0.2) is 29.8 Å². The highest BCUT2D eigenvalue weighted by molar-refractivity contribution is 6.15. The van der Waals surface area contributed by atoms with Crippen molar-refractivity contribution < 1.29 is 18.3 Å². The Kier molecular flexibility index (Phi) is 5.47. The quantitative estimate of drug-likeness (QED) is 0.435. The van der Waals surface area contributed by atoms with E-state index in [0.29, 0.717) is 37.4 Å². The number of carbonyl (C=O) groups excluding carboxylic acids is 1. The first-order valence-electron chi connectivity index (χ1n) is 10.3. The van der Waals surface area contributed by atoms with E-state index in [9.17, 15) is 13.6 Å². The molecule has 0 aromatic heterocycles. The van der Waals surface area contributed by atoms with Crippen LogP contribution in [0, 0.1) is 39.2 Å². The molecule has 4 rings (SSSR count). The fourth-order valence-electron chi connectivity index (χ4n) is 5.09. The number of benzene rings is 1. The molecule has 2 bridgehead atoms. The molecule has 7 nitrogen and oxygen atoms in total. The number of ether oxygens (including phenoxy) is 1. The van der Waals surface area contributed by atoms with E-state index in [1.165, 1.54) is 19.1 Å². The van der Waals surface area contributed by atoms with Gasteiger partial charge in [0.05, 0.1) is 29.8 Å². The molecule has 0 spiro atoms. The lowest BCUT2D eigenvalue weighted by atomic mass is 9.75. The van der Waals surface area contributed by atoms with Gasteiger partial charge in [0.1, 0.15) is 11.6 Å². The zero-order chi connectivity index (χ0) is 22.3. The number of rotatable bonds is 3. The zero-order valence-electron chi connectivity index (χ0n) is 17.2. The van der Waals surface area contributed by atoms with E-state index in [2.05, 4.69) is 5.32 Å². The van der Waals surface area contributed by atoms with Gasteiger partial charge in [0.2, 0.25) is 0 Å². The van der Waals surface area contributed by atoms with Crippen LogP contribution in [-0.2, 0) is 4.74 Å². The molecule has 2 aliphatic carbocycles. The first kappa shape index (κ1) is 21.3. The van der Waals surface area contributed by atoms with Gasteiger partial charge in [0.15, 0.2) is 0 Å². The summed E-state index contributed by atoms with van der Waals surface area (Å²) in [5, 5.41) is 27.0. The molecule has 3 fully saturated rings. The molecule has 31 heavy (non-hydrogen) atoms. The Morgan fingerprint density at radius 1 is 1.32 bits per heavy atom. The summed E-state index contributed by atoms with van der Waals surface area (Å²) in [7, 11) is 0. The van der Waals surface area contributed by atoms with E-state index in [-0.39, 0.29) is 29.6 Å². The van der Waals surface area contributed by atoms with E-state index in [1.807, 2.05) is 0 Å².